The average Bonchev–Trinajstić information content (AvgIpc) is 2.51. The summed E-state index contributed by atoms with van der Waals surface area (Å²) in [7, 11) is 0. The number of nitrogens with zero attached hydrogens (tertiary/aromatic N) is 1. The zero-order chi connectivity index (χ0) is 16.3. The molecule has 0 bridgehead atoms. The highest BCUT2D eigenvalue weighted by molar-refractivity contribution is 5.79. The summed E-state index contributed by atoms with van der Waals surface area (Å²) in [5.41, 5.74) is 8.58. The van der Waals surface area contributed by atoms with Crippen LogP contribution in [-0.2, 0) is 17.8 Å². The van der Waals surface area contributed by atoms with E-state index < -0.39 is 0 Å². The van der Waals surface area contributed by atoms with Crippen molar-refractivity contribution in [1.29, 1.82) is 0 Å². The van der Waals surface area contributed by atoms with Crippen LogP contribution in [0.3, 0.4) is 0 Å². The van der Waals surface area contributed by atoms with Gasteiger partial charge in [0.1, 0.15) is 0 Å². The molecule has 4 nitrogen and oxygen atoms in total. The van der Waals surface area contributed by atoms with Gasteiger partial charge in [0, 0.05) is 37.1 Å². The molecule has 122 valence electrons. The summed E-state index contributed by atoms with van der Waals surface area (Å²) in [6.07, 6.45) is 1.07. The lowest BCUT2D eigenvalue weighted by atomic mass is 9.93. The van der Waals surface area contributed by atoms with Crippen LogP contribution >= 0.6 is 0 Å². The van der Waals surface area contributed by atoms with Crippen molar-refractivity contribution >= 4 is 5.91 Å². The summed E-state index contributed by atoms with van der Waals surface area (Å²) in [6.45, 7) is 10.8. The maximum absolute atomic E-state index is 12.1. The number of hydrogen-bond donors (Lipinski definition) is 2. The molecule has 1 amide bonds. The molecule has 0 aromatic heterocycles. The van der Waals surface area contributed by atoms with Gasteiger partial charge in [-0.3, -0.25) is 9.69 Å². The molecule has 1 aliphatic rings. The van der Waals surface area contributed by atoms with E-state index in [-0.39, 0.29) is 23.4 Å². The average molecular weight is 303 g/mol. The molecule has 0 saturated carbocycles. The first-order valence-electron chi connectivity index (χ1n) is 8.16. The Morgan fingerprint density at radius 3 is 2.59 bits per heavy atom. The molecule has 0 aliphatic carbocycles. The Balaban J connectivity index is 1.95. The number of nitrogens with one attached hydrogen (secondary N) is 1. The molecule has 0 saturated heterocycles. The lowest BCUT2D eigenvalue weighted by Gasteiger charge is -2.42. The lowest BCUT2D eigenvalue weighted by Crippen LogP contribution is -2.54. The van der Waals surface area contributed by atoms with Crippen molar-refractivity contribution in [1.82, 2.24) is 10.2 Å². The third-order valence-corrected chi connectivity index (χ3v) is 4.88. The summed E-state index contributed by atoms with van der Waals surface area (Å²) in [5, 5.41) is 3.06. The van der Waals surface area contributed by atoms with Crippen molar-refractivity contribution in [2.24, 2.45) is 11.7 Å². The molecule has 22 heavy (non-hydrogen) atoms. The Kier molecular flexibility index (Phi) is 5.24. The third kappa shape index (κ3) is 3.87. The lowest BCUT2D eigenvalue weighted by molar-refractivity contribution is -0.125. The van der Waals surface area contributed by atoms with Crippen LogP contribution in [-0.4, -0.2) is 35.5 Å². The van der Waals surface area contributed by atoms with E-state index in [0.717, 1.165) is 19.5 Å². The summed E-state index contributed by atoms with van der Waals surface area (Å²) in [5.74, 6) is -0.113. The fourth-order valence-corrected chi connectivity index (χ4v) is 2.83. The van der Waals surface area contributed by atoms with E-state index in [4.69, 9.17) is 5.73 Å². The number of amides is 1. The van der Waals surface area contributed by atoms with E-state index in [0.29, 0.717) is 6.54 Å². The molecule has 1 heterocycles. The maximum atomic E-state index is 12.1. The number of benzene rings is 1. The topological polar surface area (TPSA) is 58.4 Å². The minimum atomic E-state index is -0.155. The van der Waals surface area contributed by atoms with Crippen molar-refractivity contribution in [3.63, 3.8) is 0 Å². The molecule has 2 unspecified atom stereocenters. The molecular weight excluding hydrogens is 274 g/mol. The van der Waals surface area contributed by atoms with Gasteiger partial charge >= 0.3 is 0 Å². The predicted molar refractivity (Wildman–Crippen MR) is 90.5 cm³/mol. The standard InChI is InChI=1S/C18H29N3O/c1-13(14(2)19)17(22)20-12-18(3,4)21-10-9-15-7-5-6-8-16(15)11-21/h5-8,13-14H,9-12,19H2,1-4H3,(H,20,22). The fourth-order valence-electron chi connectivity index (χ4n) is 2.83. The highest BCUT2D eigenvalue weighted by Gasteiger charge is 2.30. The molecule has 3 N–H and O–H groups in total. The van der Waals surface area contributed by atoms with E-state index in [9.17, 15) is 4.79 Å². The van der Waals surface area contributed by atoms with Crippen LogP contribution in [0.15, 0.2) is 24.3 Å². The van der Waals surface area contributed by atoms with Gasteiger partial charge in [0.25, 0.3) is 0 Å². The summed E-state index contributed by atoms with van der Waals surface area (Å²) in [6, 6.07) is 8.50. The van der Waals surface area contributed by atoms with Crippen LogP contribution in [0, 0.1) is 5.92 Å². The van der Waals surface area contributed by atoms with Crippen molar-refractivity contribution in [3.05, 3.63) is 35.4 Å². The van der Waals surface area contributed by atoms with E-state index in [1.54, 1.807) is 0 Å². The molecule has 0 spiro atoms. The van der Waals surface area contributed by atoms with Crippen LogP contribution in [0.1, 0.15) is 38.8 Å². The van der Waals surface area contributed by atoms with Crippen molar-refractivity contribution in [2.75, 3.05) is 13.1 Å². The maximum Gasteiger partial charge on any atom is 0.224 e. The van der Waals surface area contributed by atoms with Gasteiger partial charge in [-0.05, 0) is 38.3 Å². The number of rotatable bonds is 5. The first-order valence-corrected chi connectivity index (χ1v) is 8.16. The van der Waals surface area contributed by atoms with Crippen molar-refractivity contribution in [2.45, 2.75) is 52.2 Å². The summed E-state index contributed by atoms with van der Waals surface area (Å²) in [4.78, 5) is 14.6. The number of carbonyl (C=O) groups excluding carboxylic acids is 1. The number of nitrogens with two attached hydrogens (primary N) is 1. The zero-order valence-corrected chi connectivity index (χ0v) is 14.2. The Hall–Kier alpha value is -1.39. The Morgan fingerprint density at radius 2 is 1.95 bits per heavy atom. The fraction of sp³-hybridized carbons (Fsp3) is 0.611. The normalized spacial score (nSPS) is 18.4. The van der Waals surface area contributed by atoms with Gasteiger partial charge in [-0.15, -0.1) is 0 Å². The summed E-state index contributed by atoms with van der Waals surface area (Å²) < 4.78 is 0. The van der Waals surface area contributed by atoms with Gasteiger partial charge in [-0.2, -0.15) is 0 Å². The molecule has 2 atom stereocenters. The van der Waals surface area contributed by atoms with Gasteiger partial charge < -0.3 is 11.1 Å². The van der Waals surface area contributed by atoms with Gasteiger partial charge in [0.15, 0.2) is 0 Å². The predicted octanol–water partition coefficient (Wildman–Crippen LogP) is 1.92. The van der Waals surface area contributed by atoms with Crippen molar-refractivity contribution < 1.29 is 4.79 Å². The van der Waals surface area contributed by atoms with Crippen LogP contribution in [0.2, 0.25) is 0 Å². The minimum absolute atomic E-state index is 0.0421. The van der Waals surface area contributed by atoms with Gasteiger partial charge in [-0.1, -0.05) is 31.2 Å². The quantitative estimate of drug-likeness (QED) is 0.874. The first kappa shape index (κ1) is 17.0. The largest absolute Gasteiger partial charge is 0.354 e. The molecule has 0 fully saturated rings. The minimum Gasteiger partial charge on any atom is -0.354 e. The molecule has 1 aromatic rings. The van der Waals surface area contributed by atoms with E-state index in [1.807, 2.05) is 13.8 Å². The van der Waals surface area contributed by atoms with E-state index in [1.165, 1.54) is 11.1 Å². The molecule has 2 rings (SSSR count). The van der Waals surface area contributed by atoms with Gasteiger partial charge in [0.2, 0.25) is 5.91 Å². The number of carbonyl (C=O) groups is 1. The Bertz CT molecular complexity index is 525. The second kappa shape index (κ2) is 6.80. The van der Waals surface area contributed by atoms with Crippen molar-refractivity contribution in [3.8, 4) is 0 Å². The highest BCUT2D eigenvalue weighted by atomic mass is 16.1. The third-order valence-electron chi connectivity index (χ3n) is 4.88. The van der Waals surface area contributed by atoms with Crippen LogP contribution in [0.25, 0.3) is 0 Å². The summed E-state index contributed by atoms with van der Waals surface area (Å²) >= 11 is 0. The molecular formula is C18H29N3O. The Morgan fingerprint density at radius 1 is 1.32 bits per heavy atom. The number of fused-ring (bicyclic) bond motifs is 1. The van der Waals surface area contributed by atoms with E-state index in [2.05, 4.69) is 48.3 Å². The Labute approximate surface area is 134 Å². The van der Waals surface area contributed by atoms with Crippen LogP contribution in [0.4, 0.5) is 0 Å². The number of hydrogen-bond acceptors (Lipinski definition) is 3. The van der Waals surface area contributed by atoms with Crippen LogP contribution in [0.5, 0.6) is 0 Å². The molecule has 1 aromatic carbocycles. The first-order chi connectivity index (χ1) is 10.3. The second-order valence-corrected chi connectivity index (χ2v) is 7.12. The zero-order valence-electron chi connectivity index (χ0n) is 14.2. The second-order valence-electron chi connectivity index (χ2n) is 7.12. The SMILES string of the molecule is CC(N)C(C)C(=O)NCC(C)(C)N1CCc2ccccc2C1. The van der Waals surface area contributed by atoms with Crippen LogP contribution < -0.4 is 11.1 Å². The molecule has 1 aliphatic heterocycles. The smallest absolute Gasteiger partial charge is 0.224 e. The van der Waals surface area contributed by atoms with E-state index >= 15 is 0 Å². The van der Waals surface area contributed by atoms with Gasteiger partial charge in [0.05, 0.1) is 0 Å². The molecule has 0 radical (unpaired) electrons. The monoisotopic (exact) mass is 303 g/mol. The van der Waals surface area contributed by atoms with Gasteiger partial charge in [-0.25, -0.2) is 0 Å². The highest BCUT2D eigenvalue weighted by Crippen LogP contribution is 2.25. The molecule has 4 heteroatoms.